The molecule has 0 aliphatic heterocycles. The number of benzene rings is 1. The molecule has 0 amide bonds. The predicted molar refractivity (Wildman–Crippen MR) is 93.2 cm³/mol. The smallest absolute Gasteiger partial charge is 0.126 e. The summed E-state index contributed by atoms with van der Waals surface area (Å²) in [6.07, 6.45) is 6.62. The van der Waals surface area contributed by atoms with Gasteiger partial charge in [-0.25, -0.2) is 0 Å². The van der Waals surface area contributed by atoms with Crippen LogP contribution in [0.3, 0.4) is 0 Å². The number of hydrogen-bond donors (Lipinski definition) is 1. The van der Waals surface area contributed by atoms with E-state index in [1.54, 1.807) is 7.11 Å². The van der Waals surface area contributed by atoms with E-state index in [9.17, 15) is 0 Å². The molecule has 1 saturated carbocycles. The fraction of sp³-hybridized carbons (Fsp3) is 0.667. The van der Waals surface area contributed by atoms with Crippen LogP contribution in [0, 0.1) is 19.3 Å². The van der Waals surface area contributed by atoms with E-state index in [-0.39, 0.29) is 0 Å². The van der Waals surface area contributed by atoms with Crippen LogP contribution in [0.5, 0.6) is 5.75 Å². The summed E-state index contributed by atoms with van der Waals surface area (Å²) in [5.41, 5.74) is 4.13. The van der Waals surface area contributed by atoms with Crippen molar-refractivity contribution in [3.63, 3.8) is 0 Å². The molecular formula is C18H28BrNO. The molecule has 1 fully saturated rings. The Hall–Kier alpha value is -0.540. The molecule has 0 radical (unpaired) electrons. The molecule has 21 heavy (non-hydrogen) atoms. The highest BCUT2D eigenvalue weighted by Gasteiger charge is 2.38. The average Bonchev–Trinajstić information content (AvgIpc) is 2.45. The summed E-state index contributed by atoms with van der Waals surface area (Å²) in [4.78, 5) is 0. The van der Waals surface area contributed by atoms with Gasteiger partial charge in [0.15, 0.2) is 0 Å². The predicted octanol–water partition coefficient (Wildman–Crippen LogP) is 5.31. The van der Waals surface area contributed by atoms with Crippen LogP contribution in [0.25, 0.3) is 0 Å². The molecule has 0 heterocycles. The Bertz CT molecular complexity index is 506. The van der Waals surface area contributed by atoms with Crippen LogP contribution in [0.2, 0.25) is 0 Å². The van der Waals surface area contributed by atoms with Crippen molar-refractivity contribution in [1.82, 2.24) is 5.32 Å². The summed E-state index contributed by atoms with van der Waals surface area (Å²) in [6.45, 7) is 6.75. The Morgan fingerprint density at radius 1 is 1.24 bits per heavy atom. The maximum absolute atomic E-state index is 5.77. The van der Waals surface area contributed by atoms with Crippen LogP contribution in [-0.4, -0.2) is 14.2 Å². The summed E-state index contributed by atoms with van der Waals surface area (Å²) >= 11 is 3.72. The van der Waals surface area contributed by atoms with E-state index in [1.165, 1.54) is 53.3 Å². The monoisotopic (exact) mass is 353 g/mol. The van der Waals surface area contributed by atoms with Crippen LogP contribution in [0.15, 0.2) is 10.5 Å². The van der Waals surface area contributed by atoms with Crippen molar-refractivity contribution in [2.75, 3.05) is 14.2 Å². The Labute approximate surface area is 137 Å². The van der Waals surface area contributed by atoms with Crippen LogP contribution >= 0.6 is 15.9 Å². The number of ether oxygens (including phenoxy) is 1. The molecule has 1 aliphatic rings. The highest BCUT2D eigenvalue weighted by molar-refractivity contribution is 9.10. The lowest BCUT2D eigenvalue weighted by atomic mass is 9.68. The lowest BCUT2D eigenvalue weighted by Gasteiger charge is -2.42. The normalized spacial score (nSPS) is 19.3. The van der Waals surface area contributed by atoms with E-state index in [4.69, 9.17) is 4.74 Å². The molecule has 1 unspecified atom stereocenters. The molecule has 1 aromatic rings. The topological polar surface area (TPSA) is 21.3 Å². The zero-order valence-electron chi connectivity index (χ0n) is 14.0. The molecule has 3 heteroatoms. The minimum absolute atomic E-state index is 0.304. The second-order valence-electron chi connectivity index (χ2n) is 6.68. The first-order valence-corrected chi connectivity index (χ1v) is 8.74. The van der Waals surface area contributed by atoms with Gasteiger partial charge >= 0.3 is 0 Å². The van der Waals surface area contributed by atoms with Crippen molar-refractivity contribution in [2.24, 2.45) is 5.41 Å². The maximum atomic E-state index is 5.77. The van der Waals surface area contributed by atoms with Gasteiger partial charge in [0.2, 0.25) is 0 Å². The fourth-order valence-corrected chi connectivity index (χ4v) is 4.54. The van der Waals surface area contributed by atoms with Gasteiger partial charge in [-0.3, -0.25) is 0 Å². The van der Waals surface area contributed by atoms with Gasteiger partial charge in [-0.1, -0.05) is 42.1 Å². The number of halogens is 1. The third-order valence-electron chi connectivity index (χ3n) is 5.18. The molecule has 2 rings (SSSR count). The molecule has 1 atom stereocenters. The minimum Gasteiger partial charge on any atom is -0.496 e. The Balaban J connectivity index is 2.56. The summed E-state index contributed by atoms with van der Waals surface area (Å²) < 4.78 is 6.95. The number of aryl methyl sites for hydroxylation is 1. The van der Waals surface area contributed by atoms with Crippen LogP contribution < -0.4 is 10.1 Å². The highest BCUT2D eigenvalue weighted by Crippen LogP contribution is 2.49. The van der Waals surface area contributed by atoms with E-state index in [0.29, 0.717) is 11.5 Å². The quantitative estimate of drug-likeness (QED) is 0.792. The molecule has 0 bridgehead atoms. The molecule has 1 aromatic carbocycles. The summed E-state index contributed by atoms with van der Waals surface area (Å²) in [7, 11) is 3.87. The SMILES string of the molecule is CNC(c1c(C)c(Br)cc(C)c1OC)C1(C)CCCCC1. The van der Waals surface area contributed by atoms with Crippen LogP contribution in [0.1, 0.15) is 61.8 Å². The second-order valence-corrected chi connectivity index (χ2v) is 7.54. The number of methoxy groups -OCH3 is 1. The zero-order chi connectivity index (χ0) is 15.6. The van der Waals surface area contributed by atoms with E-state index >= 15 is 0 Å². The van der Waals surface area contributed by atoms with E-state index in [1.807, 2.05) is 0 Å². The van der Waals surface area contributed by atoms with E-state index < -0.39 is 0 Å². The van der Waals surface area contributed by atoms with Crippen LogP contribution in [-0.2, 0) is 0 Å². The third kappa shape index (κ3) is 3.14. The van der Waals surface area contributed by atoms with Gasteiger partial charge in [0.1, 0.15) is 5.75 Å². The molecular weight excluding hydrogens is 326 g/mol. The first kappa shape index (κ1) is 16.8. The summed E-state index contributed by atoms with van der Waals surface area (Å²) in [5, 5.41) is 3.60. The Morgan fingerprint density at radius 2 is 1.86 bits per heavy atom. The van der Waals surface area contributed by atoms with Crippen LogP contribution in [0.4, 0.5) is 0 Å². The molecule has 1 N–H and O–H groups in total. The first-order valence-electron chi connectivity index (χ1n) is 7.95. The van der Waals surface area contributed by atoms with Gasteiger partial charge in [-0.15, -0.1) is 0 Å². The van der Waals surface area contributed by atoms with Crippen molar-refractivity contribution >= 4 is 15.9 Å². The maximum Gasteiger partial charge on any atom is 0.126 e. The number of nitrogens with one attached hydrogen (secondary N) is 1. The minimum atomic E-state index is 0.304. The largest absolute Gasteiger partial charge is 0.496 e. The standard InChI is InChI=1S/C18H28BrNO/c1-12-11-14(19)13(2)15(16(12)21-5)17(20-4)18(3)9-7-6-8-10-18/h11,17,20H,6-10H2,1-5H3. The highest BCUT2D eigenvalue weighted by atomic mass is 79.9. The van der Waals surface area contributed by atoms with Gasteiger partial charge in [-0.05, 0) is 56.3 Å². The van der Waals surface area contributed by atoms with Gasteiger partial charge < -0.3 is 10.1 Å². The van der Waals surface area contributed by atoms with Crippen molar-refractivity contribution < 1.29 is 4.74 Å². The van der Waals surface area contributed by atoms with Crippen molar-refractivity contribution in [3.8, 4) is 5.75 Å². The molecule has 118 valence electrons. The first-order chi connectivity index (χ1) is 9.94. The second kappa shape index (κ2) is 6.70. The zero-order valence-corrected chi connectivity index (χ0v) is 15.6. The third-order valence-corrected chi connectivity index (χ3v) is 6.01. The van der Waals surface area contributed by atoms with Gasteiger partial charge in [0.25, 0.3) is 0 Å². The summed E-state index contributed by atoms with van der Waals surface area (Å²) in [6, 6.07) is 2.50. The number of hydrogen-bond acceptors (Lipinski definition) is 2. The molecule has 0 aromatic heterocycles. The van der Waals surface area contributed by atoms with Gasteiger partial charge in [0.05, 0.1) is 7.11 Å². The average molecular weight is 354 g/mol. The van der Waals surface area contributed by atoms with Gasteiger partial charge in [-0.2, -0.15) is 0 Å². The van der Waals surface area contributed by atoms with Crippen molar-refractivity contribution in [1.29, 1.82) is 0 Å². The van der Waals surface area contributed by atoms with E-state index in [2.05, 4.69) is 55.1 Å². The molecule has 0 saturated heterocycles. The Morgan fingerprint density at radius 3 is 2.38 bits per heavy atom. The summed E-state index contributed by atoms with van der Waals surface area (Å²) in [5.74, 6) is 1.04. The van der Waals surface area contributed by atoms with Crippen molar-refractivity contribution in [2.45, 2.75) is 58.9 Å². The fourth-order valence-electron chi connectivity index (χ4n) is 3.98. The molecule has 1 aliphatic carbocycles. The molecule has 2 nitrogen and oxygen atoms in total. The Kier molecular flexibility index (Phi) is 5.37. The number of rotatable bonds is 4. The lowest BCUT2D eigenvalue weighted by Crippen LogP contribution is -2.37. The lowest BCUT2D eigenvalue weighted by molar-refractivity contribution is 0.147. The van der Waals surface area contributed by atoms with Crippen molar-refractivity contribution in [3.05, 3.63) is 27.2 Å². The van der Waals surface area contributed by atoms with Gasteiger partial charge in [0, 0.05) is 16.1 Å². The molecule has 0 spiro atoms. The van der Waals surface area contributed by atoms with E-state index in [0.717, 1.165) is 5.75 Å².